The Morgan fingerprint density at radius 1 is 1.50 bits per heavy atom. The largest absolute Gasteiger partial charge is 0.499 e. The first-order chi connectivity index (χ1) is 6.76. The third-order valence-corrected chi connectivity index (χ3v) is 2.93. The van der Waals surface area contributed by atoms with Gasteiger partial charge in [-0.25, -0.2) is 0 Å². The molecule has 0 radical (unpaired) electrons. The van der Waals surface area contributed by atoms with Crippen LogP contribution in [0.4, 0.5) is 0 Å². The Kier molecular flexibility index (Phi) is 2.13. The lowest BCUT2D eigenvalue weighted by Crippen LogP contribution is -1.89. The number of benzene rings is 1. The number of aromatic hydroxyl groups is 1. The SMILES string of the molecule is COc1ccc2sc(O)cc2c1C=O. The van der Waals surface area contributed by atoms with Gasteiger partial charge >= 0.3 is 0 Å². The molecule has 0 amide bonds. The Balaban J connectivity index is 2.82. The van der Waals surface area contributed by atoms with Gasteiger partial charge in [-0.05, 0) is 12.1 Å². The van der Waals surface area contributed by atoms with Crippen LogP contribution < -0.4 is 4.74 Å². The molecule has 72 valence electrons. The van der Waals surface area contributed by atoms with Crippen LogP contribution in [-0.4, -0.2) is 18.5 Å². The van der Waals surface area contributed by atoms with Crippen molar-refractivity contribution in [2.45, 2.75) is 0 Å². The van der Waals surface area contributed by atoms with Crippen LogP contribution in [0.15, 0.2) is 18.2 Å². The summed E-state index contributed by atoms with van der Waals surface area (Å²) in [7, 11) is 1.51. The Morgan fingerprint density at radius 3 is 2.93 bits per heavy atom. The lowest BCUT2D eigenvalue weighted by molar-refractivity contribution is 0.112. The van der Waals surface area contributed by atoms with E-state index in [0.717, 1.165) is 16.4 Å². The zero-order valence-electron chi connectivity index (χ0n) is 7.48. The van der Waals surface area contributed by atoms with Crippen molar-refractivity contribution in [2.24, 2.45) is 0 Å². The first-order valence-electron chi connectivity index (χ1n) is 4.01. The molecule has 2 aromatic rings. The molecule has 0 aliphatic heterocycles. The van der Waals surface area contributed by atoms with Gasteiger partial charge in [-0.15, -0.1) is 0 Å². The van der Waals surface area contributed by atoms with Crippen LogP contribution in [0.5, 0.6) is 10.8 Å². The van der Waals surface area contributed by atoms with Crippen LogP contribution >= 0.6 is 11.3 Å². The van der Waals surface area contributed by atoms with E-state index in [4.69, 9.17) is 4.74 Å². The number of carbonyl (C=O) groups excluding carboxylic acids is 1. The summed E-state index contributed by atoms with van der Waals surface area (Å²) >= 11 is 1.24. The topological polar surface area (TPSA) is 46.5 Å². The van der Waals surface area contributed by atoms with E-state index >= 15 is 0 Å². The van der Waals surface area contributed by atoms with E-state index in [1.54, 1.807) is 12.1 Å². The van der Waals surface area contributed by atoms with Crippen molar-refractivity contribution in [1.82, 2.24) is 0 Å². The molecule has 3 nitrogen and oxygen atoms in total. The molecule has 0 unspecified atom stereocenters. The van der Waals surface area contributed by atoms with E-state index in [2.05, 4.69) is 0 Å². The summed E-state index contributed by atoms with van der Waals surface area (Å²) in [5.74, 6) is 0.533. The maximum Gasteiger partial charge on any atom is 0.172 e. The van der Waals surface area contributed by atoms with Crippen LogP contribution in [0, 0.1) is 0 Å². The first-order valence-corrected chi connectivity index (χ1v) is 4.82. The van der Waals surface area contributed by atoms with Gasteiger partial charge in [0.2, 0.25) is 0 Å². The predicted molar refractivity (Wildman–Crippen MR) is 55.4 cm³/mol. The van der Waals surface area contributed by atoms with Gasteiger partial charge in [-0.2, -0.15) is 0 Å². The van der Waals surface area contributed by atoms with Gasteiger partial charge in [0.1, 0.15) is 5.75 Å². The number of hydrogen-bond acceptors (Lipinski definition) is 4. The van der Waals surface area contributed by atoms with Crippen molar-refractivity contribution in [3.63, 3.8) is 0 Å². The molecule has 1 aromatic carbocycles. The summed E-state index contributed by atoms with van der Waals surface area (Å²) in [6.07, 6.45) is 0.743. The van der Waals surface area contributed by atoms with E-state index in [0.29, 0.717) is 11.3 Å². The van der Waals surface area contributed by atoms with Crippen molar-refractivity contribution in [3.8, 4) is 10.8 Å². The number of methoxy groups -OCH3 is 1. The average molecular weight is 208 g/mol. The fourth-order valence-electron chi connectivity index (χ4n) is 1.40. The summed E-state index contributed by atoms with van der Waals surface area (Å²) in [4.78, 5) is 10.9. The van der Waals surface area contributed by atoms with Gasteiger partial charge < -0.3 is 9.84 Å². The van der Waals surface area contributed by atoms with Crippen LogP contribution in [-0.2, 0) is 0 Å². The highest BCUT2D eigenvalue weighted by Gasteiger charge is 2.10. The number of ether oxygens (including phenoxy) is 1. The lowest BCUT2D eigenvalue weighted by Gasteiger charge is -2.02. The molecule has 0 saturated heterocycles. The molecule has 0 saturated carbocycles. The third kappa shape index (κ3) is 1.24. The van der Waals surface area contributed by atoms with Gasteiger partial charge in [0.15, 0.2) is 11.3 Å². The van der Waals surface area contributed by atoms with E-state index < -0.39 is 0 Å². The number of thiophene rings is 1. The molecule has 1 N–H and O–H groups in total. The maximum absolute atomic E-state index is 10.9. The first kappa shape index (κ1) is 9.02. The van der Waals surface area contributed by atoms with Crippen LogP contribution in [0.25, 0.3) is 10.1 Å². The fourth-order valence-corrected chi connectivity index (χ4v) is 2.22. The molecule has 0 atom stereocenters. The number of rotatable bonds is 2. The van der Waals surface area contributed by atoms with Crippen molar-refractivity contribution in [1.29, 1.82) is 0 Å². The van der Waals surface area contributed by atoms with Gasteiger partial charge in [-0.3, -0.25) is 4.79 Å². The van der Waals surface area contributed by atoms with Crippen molar-refractivity contribution >= 4 is 27.7 Å². The number of fused-ring (bicyclic) bond motifs is 1. The quantitative estimate of drug-likeness (QED) is 0.771. The molecule has 0 fully saturated rings. The summed E-state index contributed by atoms with van der Waals surface area (Å²) in [6, 6.07) is 5.12. The molecule has 2 rings (SSSR count). The normalized spacial score (nSPS) is 10.4. The van der Waals surface area contributed by atoms with E-state index in [1.165, 1.54) is 18.4 Å². The molecule has 0 spiro atoms. The maximum atomic E-state index is 10.9. The zero-order chi connectivity index (χ0) is 10.1. The summed E-state index contributed by atoms with van der Waals surface area (Å²) in [5.41, 5.74) is 0.488. The molecule has 0 bridgehead atoms. The zero-order valence-corrected chi connectivity index (χ0v) is 8.30. The minimum atomic E-state index is 0.205. The molecule has 4 heteroatoms. The summed E-state index contributed by atoms with van der Waals surface area (Å²) < 4.78 is 5.93. The molecule has 1 heterocycles. The highest BCUT2D eigenvalue weighted by molar-refractivity contribution is 7.20. The van der Waals surface area contributed by atoms with Crippen LogP contribution in [0.2, 0.25) is 0 Å². The fraction of sp³-hybridized carbons (Fsp3) is 0.100. The second-order valence-electron chi connectivity index (χ2n) is 2.80. The number of carbonyl (C=O) groups is 1. The van der Waals surface area contributed by atoms with Gasteiger partial charge in [0, 0.05) is 16.2 Å². The van der Waals surface area contributed by atoms with E-state index in [9.17, 15) is 9.90 Å². The highest BCUT2D eigenvalue weighted by atomic mass is 32.1. The average Bonchev–Trinajstić information content (AvgIpc) is 2.56. The van der Waals surface area contributed by atoms with Crippen molar-refractivity contribution in [3.05, 3.63) is 23.8 Å². The second kappa shape index (κ2) is 3.31. The molecular formula is C10H8O3S. The highest BCUT2D eigenvalue weighted by Crippen LogP contribution is 2.35. The van der Waals surface area contributed by atoms with Gasteiger partial charge in [0.05, 0.1) is 12.7 Å². The second-order valence-corrected chi connectivity index (χ2v) is 3.86. The van der Waals surface area contributed by atoms with Crippen LogP contribution in [0.3, 0.4) is 0 Å². The monoisotopic (exact) mass is 208 g/mol. The molecular weight excluding hydrogens is 200 g/mol. The number of aldehydes is 1. The number of hydrogen-bond donors (Lipinski definition) is 1. The van der Waals surface area contributed by atoms with Crippen molar-refractivity contribution in [2.75, 3.05) is 7.11 Å². The lowest BCUT2D eigenvalue weighted by atomic mass is 10.1. The standard InChI is InChI=1S/C10H8O3S/c1-13-8-2-3-9-6(7(8)5-11)4-10(12)14-9/h2-5,12H,1H3. The molecule has 1 aromatic heterocycles. The minimum absolute atomic E-state index is 0.205. The Labute approximate surface area is 84.6 Å². The van der Waals surface area contributed by atoms with Crippen LogP contribution in [0.1, 0.15) is 10.4 Å². The summed E-state index contributed by atoms with van der Waals surface area (Å²) in [6.45, 7) is 0. The molecule has 0 aliphatic rings. The van der Waals surface area contributed by atoms with Gasteiger partial charge in [-0.1, -0.05) is 11.3 Å². The molecule has 0 aliphatic carbocycles. The Bertz CT molecular complexity index is 487. The summed E-state index contributed by atoms with van der Waals surface area (Å²) in [5, 5.41) is 10.2. The Hall–Kier alpha value is -1.55. The van der Waals surface area contributed by atoms with Crippen molar-refractivity contribution < 1.29 is 14.6 Å². The Morgan fingerprint density at radius 2 is 2.29 bits per heavy atom. The van der Waals surface area contributed by atoms with Gasteiger partial charge in [0.25, 0.3) is 0 Å². The van der Waals surface area contributed by atoms with E-state index in [-0.39, 0.29) is 5.06 Å². The van der Waals surface area contributed by atoms with E-state index in [1.807, 2.05) is 6.07 Å². The third-order valence-electron chi connectivity index (χ3n) is 2.03. The minimum Gasteiger partial charge on any atom is -0.499 e. The molecule has 14 heavy (non-hydrogen) atoms. The predicted octanol–water partition coefficient (Wildman–Crippen LogP) is 2.43. The smallest absolute Gasteiger partial charge is 0.172 e.